The molecule has 3 aliphatic rings. The van der Waals surface area contributed by atoms with Crippen LogP contribution < -0.4 is 10.9 Å². The summed E-state index contributed by atoms with van der Waals surface area (Å²) in [5.41, 5.74) is 3.67. The lowest BCUT2D eigenvalue weighted by Crippen LogP contribution is -2.46. The molecule has 0 saturated carbocycles. The molecule has 35 heavy (non-hydrogen) atoms. The van der Waals surface area contributed by atoms with Gasteiger partial charge in [-0.15, -0.1) is 0 Å². The van der Waals surface area contributed by atoms with Gasteiger partial charge in [-0.05, 0) is 36.1 Å². The minimum Gasteiger partial charge on any atom is -0.396 e. The molecule has 0 spiro atoms. The van der Waals surface area contributed by atoms with E-state index in [0.29, 0.717) is 18.7 Å². The van der Waals surface area contributed by atoms with Gasteiger partial charge in [0.2, 0.25) is 5.91 Å². The fourth-order valence-electron chi connectivity index (χ4n) is 6.47. The highest BCUT2D eigenvalue weighted by molar-refractivity contribution is 5.81. The van der Waals surface area contributed by atoms with Crippen molar-refractivity contribution in [1.29, 1.82) is 0 Å². The predicted octanol–water partition coefficient (Wildman–Crippen LogP) is 2.43. The summed E-state index contributed by atoms with van der Waals surface area (Å²) in [6.45, 7) is 0.491. The molecular formula is C28H28FN3O3. The van der Waals surface area contributed by atoms with Crippen LogP contribution in [-0.2, 0) is 30.7 Å². The zero-order valence-electron chi connectivity index (χ0n) is 19.3. The fourth-order valence-corrected chi connectivity index (χ4v) is 6.47. The Balaban J connectivity index is 1.35. The average Bonchev–Trinajstić information content (AvgIpc) is 3.35. The van der Waals surface area contributed by atoms with Crippen LogP contribution in [0.2, 0.25) is 0 Å². The quantitative estimate of drug-likeness (QED) is 0.597. The van der Waals surface area contributed by atoms with E-state index < -0.39 is 12.0 Å². The zero-order valence-corrected chi connectivity index (χ0v) is 19.3. The molecule has 2 aliphatic heterocycles. The summed E-state index contributed by atoms with van der Waals surface area (Å²) in [6.07, 6.45) is 1.56. The van der Waals surface area contributed by atoms with Gasteiger partial charge in [-0.3, -0.25) is 14.5 Å². The van der Waals surface area contributed by atoms with Crippen molar-refractivity contribution in [3.63, 3.8) is 0 Å². The third-order valence-corrected chi connectivity index (χ3v) is 8.06. The topological polar surface area (TPSA) is 74.6 Å². The molecule has 0 unspecified atom stereocenters. The van der Waals surface area contributed by atoms with Gasteiger partial charge in [-0.1, -0.05) is 48.5 Å². The summed E-state index contributed by atoms with van der Waals surface area (Å²) in [6, 6.07) is 19.3. The van der Waals surface area contributed by atoms with E-state index in [4.69, 9.17) is 0 Å². The second-order valence-corrected chi connectivity index (χ2v) is 9.93. The zero-order chi connectivity index (χ0) is 24.1. The lowest BCUT2D eigenvalue weighted by Gasteiger charge is -2.38. The number of carbonyl (C=O) groups is 1. The molecule has 1 amide bonds. The minimum absolute atomic E-state index is 0.00215. The normalized spacial score (nSPS) is 25.3. The van der Waals surface area contributed by atoms with Gasteiger partial charge in [0.25, 0.3) is 5.56 Å². The highest BCUT2D eigenvalue weighted by Gasteiger charge is 2.55. The number of amides is 1. The Morgan fingerprint density at radius 3 is 2.43 bits per heavy atom. The third kappa shape index (κ3) is 3.70. The van der Waals surface area contributed by atoms with Gasteiger partial charge in [0.05, 0.1) is 12.0 Å². The first-order chi connectivity index (χ1) is 17.0. The minimum atomic E-state index is -0.545. The summed E-state index contributed by atoms with van der Waals surface area (Å²) in [4.78, 5) is 28.6. The molecule has 7 heteroatoms. The number of carbonyl (C=O) groups excluding carboxylic acids is 1. The molecule has 180 valence electrons. The number of aliphatic hydroxyl groups excluding tert-OH is 1. The molecule has 0 radical (unpaired) electrons. The van der Waals surface area contributed by atoms with Crippen molar-refractivity contribution in [2.24, 2.45) is 11.8 Å². The second-order valence-electron chi connectivity index (χ2n) is 9.93. The number of aliphatic hydroxyl groups is 1. The number of hydrogen-bond acceptors (Lipinski definition) is 4. The van der Waals surface area contributed by atoms with Crippen LogP contribution in [0.25, 0.3) is 0 Å². The van der Waals surface area contributed by atoms with E-state index in [2.05, 4.69) is 22.3 Å². The molecule has 3 heterocycles. The van der Waals surface area contributed by atoms with Crippen LogP contribution in [0.15, 0.2) is 71.5 Å². The van der Waals surface area contributed by atoms with E-state index in [9.17, 15) is 19.1 Å². The Bertz CT molecular complexity index is 1310. The maximum absolute atomic E-state index is 14.6. The number of hydrogen-bond donors (Lipinski definition) is 2. The number of nitrogens with one attached hydrogen (secondary N) is 1. The second kappa shape index (κ2) is 8.73. The number of benzene rings is 2. The number of rotatable bonds is 5. The Labute approximate surface area is 203 Å². The molecule has 1 aromatic heterocycles. The summed E-state index contributed by atoms with van der Waals surface area (Å²) in [5, 5.41) is 13.7. The first kappa shape index (κ1) is 22.2. The standard InChI is InChI=1S/C28H28FN3O3/c29-22-9-4-3-8-19(22)14-32-24-15-31-23(10-5-11-25(31)34)27(32)26(21(24)16-33)28(35)30-20-12-17-6-1-2-7-18(17)13-20/h1-11,20-21,24,26-27,33H,12-16H2,(H,30,35)/t21-,24-,26+,27+/m0/s1. The van der Waals surface area contributed by atoms with Gasteiger partial charge in [-0.2, -0.15) is 0 Å². The Kier molecular flexibility index (Phi) is 5.54. The van der Waals surface area contributed by atoms with Crippen molar-refractivity contribution in [2.45, 2.75) is 44.1 Å². The van der Waals surface area contributed by atoms with Crippen LogP contribution >= 0.6 is 0 Å². The van der Waals surface area contributed by atoms with Crippen LogP contribution in [0, 0.1) is 17.7 Å². The van der Waals surface area contributed by atoms with E-state index in [1.54, 1.807) is 28.8 Å². The van der Waals surface area contributed by atoms with Crippen molar-refractivity contribution in [2.75, 3.05) is 6.61 Å². The molecule has 6 rings (SSSR count). The van der Waals surface area contributed by atoms with E-state index in [1.807, 2.05) is 18.2 Å². The van der Waals surface area contributed by atoms with Crippen LogP contribution in [0.3, 0.4) is 0 Å². The van der Waals surface area contributed by atoms with Crippen LogP contribution in [0.4, 0.5) is 4.39 Å². The first-order valence-electron chi connectivity index (χ1n) is 12.2. The summed E-state index contributed by atoms with van der Waals surface area (Å²) < 4.78 is 16.3. The Morgan fingerprint density at radius 2 is 1.71 bits per heavy atom. The average molecular weight is 474 g/mol. The molecular weight excluding hydrogens is 445 g/mol. The summed E-state index contributed by atoms with van der Waals surface area (Å²) >= 11 is 0. The molecule has 1 fully saturated rings. The van der Waals surface area contributed by atoms with Gasteiger partial charge >= 0.3 is 0 Å². The van der Waals surface area contributed by atoms with Crippen molar-refractivity contribution >= 4 is 5.91 Å². The number of halogens is 1. The summed E-state index contributed by atoms with van der Waals surface area (Å²) in [7, 11) is 0. The van der Waals surface area contributed by atoms with Crippen LogP contribution in [0.1, 0.15) is 28.4 Å². The van der Waals surface area contributed by atoms with Crippen molar-refractivity contribution in [3.05, 3.63) is 105 Å². The smallest absolute Gasteiger partial charge is 0.250 e. The van der Waals surface area contributed by atoms with Gasteiger partial charge < -0.3 is 15.0 Å². The Hall–Kier alpha value is -3.29. The fraction of sp³-hybridized carbons (Fsp3) is 0.357. The highest BCUT2D eigenvalue weighted by Crippen LogP contribution is 2.49. The van der Waals surface area contributed by atoms with Gasteiger partial charge in [0, 0.05) is 55.0 Å². The molecule has 1 saturated heterocycles. The SMILES string of the molecule is O=C(NC1Cc2ccccc2C1)[C@@H]1[C@@H](CO)[C@@H]2Cn3c(cccc3=O)[C@H]1N2Cc1ccccc1F. The predicted molar refractivity (Wildman–Crippen MR) is 129 cm³/mol. The molecule has 3 aromatic rings. The highest BCUT2D eigenvalue weighted by atomic mass is 19.1. The van der Waals surface area contributed by atoms with E-state index in [-0.39, 0.29) is 41.9 Å². The van der Waals surface area contributed by atoms with Gasteiger partial charge in [0.1, 0.15) is 5.82 Å². The number of nitrogens with zero attached hydrogens (tertiary/aromatic N) is 2. The lowest BCUT2D eigenvalue weighted by atomic mass is 9.86. The molecule has 1 aliphatic carbocycles. The van der Waals surface area contributed by atoms with E-state index in [1.165, 1.54) is 23.3 Å². The van der Waals surface area contributed by atoms with Crippen LogP contribution in [-0.4, -0.2) is 39.2 Å². The molecule has 6 nitrogen and oxygen atoms in total. The number of pyridine rings is 1. The lowest BCUT2D eigenvalue weighted by molar-refractivity contribution is -0.128. The van der Waals surface area contributed by atoms with Gasteiger partial charge in [-0.25, -0.2) is 4.39 Å². The molecule has 4 atom stereocenters. The summed E-state index contributed by atoms with van der Waals surface area (Å²) in [5.74, 6) is -1.32. The Morgan fingerprint density at radius 1 is 1.00 bits per heavy atom. The number of fused-ring (bicyclic) bond motifs is 5. The molecule has 2 aromatic carbocycles. The number of aromatic nitrogens is 1. The monoisotopic (exact) mass is 473 g/mol. The molecule has 2 bridgehead atoms. The van der Waals surface area contributed by atoms with E-state index >= 15 is 0 Å². The van der Waals surface area contributed by atoms with Crippen molar-refractivity contribution in [1.82, 2.24) is 14.8 Å². The first-order valence-corrected chi connectivity index (χ1v) is 12.2. The van der Waals surface area contributed by atoms with Gasteiger partial charge in [0.15, 0.2) is 0 Å². The van der Waals surface area contributed by atoms with Crippen molar-refractivity contribution in [3.8, 4) is 0 Å². The maximum Gasteiger partial charge on any atom is 0.250 e. The van der Waals surface area contributed by atoms with Crippen molar-refractivity contribution < 1.29 is 14.3 Å². The maximum atomic E-state index is 14.6. The van der Waals surface area contributed by atoms with E-state index in [0.717, 1.165) is 18.5 Å². The third-order valence-electron chi connectivity index (χ3n) is 8.06. The largest absolute Gasteiger partial charge is 0.396 e. The van der Waals surface area contributed by atoms with Crippen LogP contribution in [0.5, 0.6) is 0 Å². The molecule has 2 N–H and O–H groups in total.